The average Bonchev–Trinajstić information content (AvgIpc) is 3.42. The summed E-state index contributed by atoms with van der Waals surface area (Å²) in [6.45, 7) is 3.86. The van der Waals surface area contributed by atoms with Gasteiger partial charge in [0.05, 0.1) is 18.4 Å². The van der Waals surface area contributed by atoms with E-state index in [1.165, 1.54) is 24.1 Å². The van der Waals surface area contributed by atoms with Gasteiger partial charge in [0.2, 0.25) is 5.82 Å². The van der Waals surface area contributed by atoms with Gasteiger partial charge in [-0.25, -0.2) is 15.0 Å². The monoisotopic (exact) mass is 494 g/mol. The number of nitrogens with one attached hydrogen (secondary N) is 1. The first-order valence-electron chi connectivity index (χ1n) is 11.2. The summed E-state index contributed by atoms with van der Waals surface area (Å²) >= 11 is 0. The molecule has 1 aliphatic rings. The highest BCUT2D eigenvalue weighted by Gasteiger charge is 2.47. The highest BCUT2D eigenvalue weighted by molar-refractivity contribution is 5.94. The molecule has 0 saturated carbocycles. The predicted molar refractivity (Wildman–Crippen MR) is 127 cm³/mol. The lowest BCUT2D eigenvalue weighted by Gasteiger charge is -2.24. The Bertz CT molecular complexity index is 1330. The van der Waals surface area contributed by atoms with Gasteiger partial charge >= 0.3 is 0 Å². The second-order valence-electron chi connectivity index (χ2n) is 8.37. The van der Waals surface area contributed by atoms with Gasteiger partial charge in [-0.15, -0.1) is 0 Å². The van der Waals surface area contributed by atoms with Gasteiger partial charge in [-0.1, -0.05) is 5.92 Å². The number of carbonyl (C=O) groups excluding carboxylic acids is 2. The molecule has 2 amide bonds. The molecule has 0 bridgehead atoms. The van der Waals surface area contributed by atoms with Crippen molar-refractivity contribution < 1.29 is 24.5 Å². The fourth-order valence-corrected chi connectivity index (χ4v) is 3.78. The van der Waals surface area contributed by atoms with Gasteiger partial charge in [0.15, 0.2) is 23.8 Å². The molecule has 188 valence electrons. The second kappa shape index (κ2) is 10.2. The van der Waals surface area contributed by atoms with Crippen molar-refractivity contribution in [3.8, 4) is 11.8 Å². The zero-order valence-electron chi connectivity index (χ0n) is 19.9. The van der Waals surface area contributed by atoms with Crippen LogP contribution >= 0.6 is 0 Å². The summed E-state index contributed by atoms with van der Waals surface area (Å²) in [4.78, 5) is 43.1. The van der Waals surface area contributed by atoms with E-state index in [4.69, 9.17) is 10.5 Å². The van der Waals surface area contributed by atoms with Gasteiger partial charge in [-0.3, -0.25) is 19.1 Å². The number of aliphatic hydroxyl groups excluding tert-OH is 2. The number of nitrogens with two attached hydrogens (primary N) is 1. The molecule has 36 heavy (non-hydrogen) atoms. The molecule has 3 aromatic rings. The quantitative estimate of drug-likeness (QED) is 0.323. The molecule has 4 rings (SSSR count). The SMILES string of the molecule is CNC(=O)[C@H]1O[C@@H](n2cnc3c(N)nc(C#CCN(C(=O)c4cccnc4)C(C)C)nc32)[C@H](O)[C@@H]1O. The van der Waals surface area contributed by atoms with Gasteiger partial charge in [0.1, 0.15) is 17.7 Å². The predicted octanol–water partition coefficient (Wildman–Crippen LogP) is -0.929. The number of hydrogen-bond donors (Lipinski definition) is 4. The molecule has 0 unspecified atom stereocenters. The van der Waals surface area contributed by atoms with E-state index in [0.717, 1.165) is 0 Å². The number of pyridine rings is 1. The van der Waals surface area contributed by atoms with Crippen molar-refractivity contribution in [1.82, 2.24) is 34.7 Å². The topological polar surface area (TPSA) is 182 Å². The summed E-state index contributed by atoms with van der Waals surface area (Å²) in [5.74, 6) is 5.04. The summed E-state index contributed by atoms with van der Waals surface area (Å²) in [5.41, 5.74) is 6.94. The van der Waals surface area contributed by atoms with Crippen molar-refractivity contribution >= 4 is 28.8 Å². The first-order valence-corrected chi connectivity index (χ1v) is 11.2. The Morgan fingerprint density at radius 2 is 2.08 bits per heavy atom. The Hall–Kier alpha value is -4.12. The number of amides is 2. The summed E-state index contributed by atoms with van der Waals surface area (Å²) < 4.78 is 6.97. The molecule has 1 fully saturated rings. The van der Waals surface area contributed by atoms with Crippen molar-refractivity contribution in [1.29, 1.82) is 0 Å². The third-order valence-corrected chi connectivity index (χ3v) is 5.71. The van der Waals surface area contributed by atoms with Gasteiger partial charge in [-0.2, -0.15) is 0 Å². The van der Waals surface area contributed by atoms with Crippen molar-refractivity contribution in [2.24, 2.45) is 0 Å². The Labute approximate surface area is 206 Å². The van der Waals surface area contributed by atoms with Crippen LogP contribution in [0.1, 0.15) is 36.3 Å². The molecular formula is C23H26N8O5. The highest BCUT2D eigenvalue weighted by atomic mass is 16.6. The van der Waals surface area contributed by atoms with Gasteiger partial charge in [0, 0.05) is 25.5 Å². The fourth-order valence-electron chi connectivity index (χ4n) is 3.78. The number of aliphatic hydroxyl groups is 2. The van der Waals surface area contributed by atoms with Crippen LogP contribution in [0.5, 0.6) is 0 Å². The molecule has 0 spiro atoms. The first-order chi connectivity index (χ1) is 17.2. The maximum atomic E-state index is 12.8. The van der Waals surface area contributed by atoms with Crippen molar-refractivity contribution in [2.45, 2.75) is 44.4 Å². The molecule has 4 atom stereocenters. The van der Waals surface area contributed by atoms with Gasteiger partial charge in [-0.05, 0) is 31.9 Å². The molecule has 1 aliphatic heterocycles. The minimum Gasteiger partial charge on any atom is -0.387 e. The van der Waals surface area contributed by atoms with Crippen LogP contribution in [0.25, 0.3) is 11.2 Å². The fraction of sp³-hybridized carbons (Fsp3) is 0.391. The standard InChI is InChI=1S/C23H26N8O5/c1-12(2)30(22(35)13-6-4-8-26-10-13)9-5-7-14-28-19(24)15-20(29-14)31(11-27-15)23-17(33)16(32)18(36-23)21(34)25-3/h4,6,8,10-12,16-18,23,32-33H,9H2,1-3H3,(H,25,34)(H2,24,28,29)/t16-,17+,18-,23+/m0/s1. The summed E-state index contributed by atoms with van der Waals surface area (Å²) in [6, 6.07) is 3.25. The van der Waals surface area contributed by atoms with Crippen LogP contribution in [0.3, 0.4) is 0 Å². The lowest BCUT2D eigenvalue weighted by Crippen LogP contribution is -2.41. The number of likely N-dealkylation sites (N-methyl/N-ethyl adjacent to an activating group) is 1. The van der Waals surface area contributed by atoms with Crippen molar-refractivity contribution in [3.63, 3.8) is 0 Å². The number of aromatic nitrogens is 5. The van der Waals surface area contributed by atoms with E-state index in [2.05, 4.69) is 37.1 Å². The Morgan fingerprint density at radius 3 is 2.75 bits per heavy atom. The summed E-state index contributed by atoms with van der Waals surface area (Å²) in [6.07, 6.45) is -0.879. The van der Waals surface area contributed by atoms with Crippen molar-refractivity contribution in [2.75, 3.05) is 19.3 Å². The first kappa shape index (κ1) is 25.0. The smallest absolute Gasteiger partial charge is 0.256 e. The molecule has 5 N–H and O–H groups in total. The third-order valence-electron chi connectivity index (χ3n) is 5.71. The Balaban J connectivity index is 1.60. The number of anilines is 1. The van der Waals surface area contributed by atoms with Crippen LogP contribution < -0.4 is 11.1 Å². The van der Waals surface area contributed by atoms with E-state index in [-0.39, 0.29) is 41.3 Å². The van der Waals surface area contributed by atoms with E-state index >= 15 is 0 Å². The lowest BCUT2D eigenvalue weighted by atomic mass is 10.1. The number of nitrogens with zero attached hydrogens (tertiary/aromatic N) is 6. The van der Waals surface area contributed by atoms with Crippen LogP contribution in [0.4, 0.5) is 5.82 Å². The molecule has 3 aromatic heterocycles. The van der Waals surface area contributed by atoms with Crippen LogP contribution in [-0.4, -0.2) is 89.4 Å². The normalized spacial score (nSPS) is 21.3. The molecule has 0 radical (unpaired) electrons. The molecule has 0 aliphatic carbocycles. The largest absolute Gasteiger partial charge is 0.387 e. The number of hydrogen-bond acceptors (Lipinski definition) is 10. The minimum atomic E-state index is -1.45. The lowest BCUT2D eigenvalue weighted by molar-refractivity contribution is -0.137. The van der Waals surface area contributed by atoms with Crippen LogP contribution in [0.15, 0.2) is 30.9 Å². The molecule has 1 saturated heterocycles. The highest BCUT2D eigenvalue weighted by Crippen LogP contribution is 2.32. The summed E-state index contributed by atoms with van der Waals surface area (Å²) in [7, 11) is 1.40. The third kappa shape index (κ3) is 4.69. The number of fused-ring (bicyclic) bond motifs is 1. The van der Waals surface area contributed by atoms with E-state index in [1.807, 2.05) is 13.8 Å². The number of carbonyl (C=O) groups is 2. The molecule has 13 nitrogen and oxygen atoms in total. The number of imidazole rings is 1. The van der Waals surface area contributed by atoms with Gasteiger partial charge < -0.3 is 30.9 Å². The van der Waals surface area contributed by atoms with Crippen LogP contribution in [0.2, 0.25) is 0 Å². The van der Waals surface area contributed by atoms with Crippen LogP contribution in [0, 0.1) is 11.8 Å². The Morgan fingerprint density at radius 1 is 1.31 bits per heavy atom. The zero-order chi connectivity index (χ0) is 26.0. The van der Waals surface area contributed by atoms with E-state index in [9.17, 15) is 19.8 Å². The number of rotatable bonds is 5. The van der Waals surface area contributed by atoms with E-state index < -0.39 is 30.4 Å². The Kier molecular flexibility index (Phi) is 7.11. The van der Waals surface area contributed by atoms with Crippen LogP contribution in [-0.2, 0) is 9.53 Å². The molecule has 0 aromatic carbocycles. The maximum absolute atomic E-state index is 12.8. The van der Waals surface area contributed by atoms with Crippen molar-refractivity contribution in [3.05, 3.63) is 42.2 Å². The zero-order valence-corrected chi connectivity index (χ0v) is 19.9. The minimum absolute atomic E-state index is 0.0473. The molecular weight excluding hydrogens is 468 g/mol. The average molecular weight is 495 g/mol. The van der Waals surface area contributed by atoms with Gasteiger partial charge in [0.25, 0.3) is 11.8 Å². The summed E-state index contributed by atoms with van der Waals surface area (Å²) in [5, 5.41) is 23.1. The maximum Gasteiger partial charge on any atom is 0.256 e. The number of nitrogen functional groups attached to an aromatic ring is 1. The molecule has 13 heteroatoms. The van der Waals surface area contributed by atoms with E-state index in [0.29, 0.717) is 5.56 Å². The number of ether oxygens (including phenoxy) is 1. The van der Waals surface area contributed by atoms with E-state index in [1.54, 1.807) is 23.2 Å². The second-order valence-corrected chi connectivity index (χ2v) is 8.37. The molecule has 4 heterocycles.